The third-order valence-corrected chi connectivity index (χ3v) is 1.44. The van der Waals surface area contributed by atoms with Crippen LogP contribution < -0.4 is 5.56 Å². The first kappa shape index (κ1) is 6.48. The molecule has 0 aliphatic rings. The molecule has 1 aromatic heterocycles. The fourth-order valence-corrected chi connectivity index (χ4v) is 0.663. The molecule has 0 saturated heterocycles. The Morgan fingerprint density at radius 3 is 2.67 bits per heavy atom. The summed E-state index contributed by atoms with van der Waals surface area (Å²) in [5.74, 6) is -0.637. The highest BCUT2D eigenvalue weighted by Gasteiger charge is 1.95. The molecular formula is C5H3BrFNO. The number of pyridine rings is 1. The zero-order valence-electron chi connectivity index (χ0n) is 4.32. The second kappa shape index (κ2) is 2.31. The van der Waals surface area contributed by atoms with E-state index >= 15 is 0 Å². The average molecular weight is 192 g/mol. The van der Waals surface area contributed by atoms with Gasteiger partial charge in [-0.3, -0.25) is 9.78 Å². The SMILES string of the molecule is O=c1ccc(Br)c(F)[nH]1. The van der Waals surface area contributed by atoms with Gasteiger partial charge >= 0.3 is 0 Å². The summed E-state index contributed by atoms with van der Waals surface area (Å²) in [6.07, 6.45) is 0. The second-order valence-electron chi connectivity index (χ2n) is 1.48. The lowest BCUT2D eigenvalue weighted by Gasteiger charge is -1.88. The lowest BCUT2D eigenvalue weighted by Crippen LogP contribution is -2.04. The third kappa shape index (κ3) is 1.38. The fraction of sp³-hybridized carbons (Fsp3) is 0. The highest BCUT2D eigenvalue weighted by molar-refractivity contribution is 9.10. The molecule has 1 rings (SSSR count). The first-order valence-electron chi connectivity index (χ1n) is 2.24. The molecule has 1 N–H and O–H groups in total. The predicted molar refractivity (Wildman–Crippen MR) is 34.7 cm³/mol. The Labute approximate surface area is 58.8 Å². The molecule has 0 amide bonds. The van der Waals surface area contributed by atoms with E-state index in [-0.39, 0.29) is 4.47 Å². The van der Waals surface area contributed by atoms with Gasteiger partial charge in [0.15, 0.2) is 0 Å². The molecule has 0 atom stereocenters. The van der Waals surface area contributed by atoms with Crippen LogP contribution in [0.3, 0.4) is 0 Å². The van der Waals surface area contributed by atoms with Gasteiger partial charge in [-0.1, -0.05) is 0 Å². The van der Waals surface area contributed by atoms with Gasteiger partial charge in [-0.05, 0) is 22.0 Å². The van der Waals surface area contributed by atoms with Crippen LogP contribution in [0.4, 0.5) is 4.39 Å². The van der Waals surface area contributed by atoms with Crippen LogP contribution in [-0.2, 0) is 0 Å². The van der Waals surface area contributed by atoms with E-state index in [1.54, 1.807) is 0 Å². The van der Waals surface area contributed by atoms with Crippen molar-refractivity contribution in [1.82, 2.24) is 4.98 Å². The van der Waals surface area contributed by atoms with Crippen LogP contribution in [0.5, 0.6) is 0 Å². The smallest absolute Gasteiger partial charge is 0.250 e. The predicted octanol–water partition coefficient (Wildman–Crippen LogP) is 1.28. The summed E-state index contributed by atoms with van der Waals surface area (Å²) in [4.78, 5) is 12.3. The first-order valence-corrected chi connectivity index (χ1v) is 3.04. The van der Waals surface area contributed by atoms with Crippen molar-refractivity contribution in [2.45, 2.75) is 0 Å². The Hall–Kier alpha value is -0.640. The van der Waals surface area contributed by atoms with Gasteiger partial charge in [-0.25, -0.2) is 0 Å². The van der Waals surface area contributed by atoms with E-state index in [2.05, 4.69) is 15.9 Å². The van der Waals surface area contributed by atoms with Crippen LogP contribution in [0.25, 0.3) is 0 Å². The van der Waals surface area contributed by atoms with E-state index in [4.69, 9.17) is 0 Å². The molecule has 0 aliphatic heterocycles. The summed E-state index contributed by atoms with van der Waals surface area (Å²) in [7, 11) is 0. The molecule has 9 heavy (non-hydrogen) atoms. The minimum Gasteiger partial charge on any atom is -0.298 e. The van der Waals surface area contributed by atoms with Crippen molar-refractivity contribution in [2.24, 2.45) is 0 Å². The normalized spacial score (nSPS) is 9.56. The van der Waals surface area contributed by atoms with Gasteiger partial charge < -0.3 is 0 Å². The lowest BCUT2D eigenvalue weighted by atomic mass is 10.5. The van der Waals surface area contributed by atoms with E-state index in [9.17, 15) is 9.18 Å². The number of rotatable bonds is 0. The van der Waals surface area contributed by atoms with Crippen molar-refractivity contribution in [3.05, 3.63) is 32.9 Å². The monoisotopic (exact) mass is 191 g/mol. The number of aromatic amines is 1. The van der Waals surface area contributed by atoms with Gasteiger partial charge in [0.05, 0.1) is 4.47 Å². The maximum Gasteiger partial charge on any atom is 0.250 e. The number of nitrogens with one attached hydrogen (secondary N) is 1. The Bertz CT molecular complexity index is 270. The maximum absolute atomic E-state index is 12.3. The molecule has 0 saturated carbocycles. The quantitative estimate of drug-likeness (QED) is 0.617. The largest absolute Gasteiger partial charge is 0.298 e. The maximum atomic E-state index is 12.3. The van der Waals surface area contributed by atoms with Gasteiger partial charge in [0.2, 0.25) is 11.5 Å². The van der Waals surface area contributed by atoms with E-state index in [1.165, 1.54) is 12.1 Å². The van der Waals surface area contributed by atoms with Gasteiger partial charge in [-0.15, -0.1) is 0 Å². The molecule has 0 unspecified atom stereocenters. The van der Waals surface area contributed by atoms with E-state index < -0.39 is 11.5 Å². The van der Waals surface area contributed by atoms with Crippen LogP contribution >= 0.6 is 15.9 Å². The van der Waals surface area contributed by atoms with Gasteiger partial charge in [-0.2, -0.15) is 4.39 Å². The average Bonchev–Trinajstić information content (AvgIpc) is 1.80. The molecule has 0 aromatic carbocycles. The summed E-state index contributed by atoms with van der Waals surface area (Å²) in [5.41, 5.74) is -0.435. The minimum absolute atomic E-state index is 0.266. The first-order chi connectivity index (χ1) is 4.20. The van der Waals surface area contributed by atoms with E-state index in [0.29, 0.717) is 0 Å². The highest BCUT2D eigenvalue weighted by Crippen LogP contribution is 2.08. The second-order valence-corrected chi connectivity index (χ2v) is 2.34. The van der Waals surface area contributed by atoms with Crippen LogP contribution in [0.15, 0.2) is 21.4 Å². The number of hydrogen-bond acceptors (Lipinski definition) is 1. The topological polar surface area (TPSA) is 32.9 Å². The van der Waals surface area contributed by atoms with Crippen molar-refractivity contribution >= 4 is 15.9 Å². The molecule has 2 nitrogen and oxygen atoms in total. The van der Waals surface area contributed by atoms with Crippen LogP contribution in [0.1, 0.15) is 0 Å². The zero-order valence-corrected chi connectivity index (χ0v) is 5.90. The van der Waals surface area contributed by atoms with Crippen molar-refractivity contribution in [3.8, 4) is 0 Å². The summed E-state index contributed by atoms with van der Waals surface area (Å²) >= 11 is 2.88. The van der Waals surface area contributed by atoms with Crippen molar-refractivity contribution in [1.29, 1.82) is 0 Å². The molecule has 0 aliphatic carbocycles. The minimum atomic E-state index is -0.637. The van der Waals surface area contributed by atoms with Crippen molar-refractivity contribution < 1.29 is 4.39 Å². The van der Waals surface area contributed by atoms with Crippen molar-refractivity contribution in [2.75, 3.05) is 0 Å². The molecule has 1 aromatic rings. The van der Waals surface area contributed by atoms with Crippen LogP contribution in [0, 0.1) is 5.95 Å². The Morgan fingerprint density at radius 1 is 1.56 bits per heavy atom. The summed E-state index contributed by atoms with van der Waals surface area (Å²) in [6, 6.07) is 2.60. The Kier molecular flexibility index (Phi) is 1.66. The molecule has 0 radical (unpaired) electrons. The third-order valence-electron chi connectivity index (χ3n) is 0.824. The zero-order chi connectivity index (χ0) is 6.85. The number of halogens is 2. The summed E-state index contributed by atoms with van der Waals surface area (Å²) in [6.45, 7) is 0. The highest BCUT2D eigenvalue weighted by atomic mass is 79.9. The molecule has 4 heteroatoms. The Morgan fingerprint density at radius 2 is 2.22 bits per heavy atom. The number of H-pyrrole nitrogens is 1. The molecule has 1 heterocycles. The molecule has 0 spiro atoms. The lowest BCUT2D eigenvalue weighted by molar-refractivity contribution is 0.572. The number of hydrogen-bond donors (Lipinski definition) is 1. The fourth-order valence-electron chi connectivity index (χ4n) is 0.432. The van der Waals surface area contributed by atoms with Gasteiger partial charge in [0.25, 0.3) is 0 Å². The standard InChI is InChI=1S/C5H3BrFNO/c6-3-1-2-4(9)8-5(3)7/h1-2H,(H,8,9). The summed E-state index contributed by atoms with van der Waals surface area (Å²) < 4.78 is 12.5. The van der Waals surface area contributed by atoms with Crippen LogP contribution in [-0.4, -0.2) is 4.98 Å². The van der Waals surface area contributed by atoms with Gasteiger partial charge in [0, 0.05) is 6.07 Å². The molecule has 48 valence electrons. The molecule has 0 bridgehead atoms. The van der Waals surface area contributed by atoms with Gasteiger partial charge in [0.1, 0.15) is 0 Å². The van der Waals surface area contributed by atoms with Crippen LogP contribution in [0.2, 0.25) is 0 Å². The Balaban J connectivity index is 3.34. The van der Waals surface area contributed by atoms with Crippen molar-refractivity contribution in [3.63, 3.8) is 0 Å². The molecular weight excluding hydrogens is 189 g/mol. The van der Waals surface area contributed by atoms with E-state index in [1.807, 2.05) is 4.98 Å². The van der Waals surface area contributed by atoms with E-state index in [0.717, 1.165) is 0 Å². The summed E-state index contributed by atoms with van der Waals surface area (Å²) in [5, 5.41) is 0. The molecule has 0 fully saturated rings. The number of aromatic nitrogens is 1.